The summed E-state index contributed by atoms with van der Waals surface area (Å²) in [4.78, 5) is 30.5. The van der Waals surface area contributed by atoms with Crippen molar-refractivity contribution >= 4 is 17.5 Å². The van der Waals surface area contributed by atoms with Crippen LogP contribution in [-0.4, -0.2) is 50.0 Å². The van der Waals surface area contributed by atoms with Crippen molar-refractivity contribution in [3.8, 4) is 11.8 Å². The summed E-state index contributed by atoms with van der Waals surface area (Å²) >= 11 is 0. The number of ether oxygens (including phenoxy) is 1. The van der Waals surface area contributed by atoms with Crippen molar-refractivity contribution in [3.05, 3.63) is 23.8 Å². The Balaban J connectivity index is 1.50. The first-order valence-corrected chi connectivity index (χ1v) is 11.3. The lowest BCUT2D eigenvalue weighted by atomic mass is 9.57. The summed E-state index contributed by atoms with van der Waals surface area (Å²) in [5.74, 6) is -0.0845. The summed E-state index contributed by atoms with van der Waals surface area (Å²) in [7, 11) is 1.67. The van der Waals surface area contributed by atoms with Crippen LogP contribution in [0.2, 0.25) is 0 Å². The van der Waals surface area contributed by atoms with E-state index in [0.717, 1.165) is 42.9 Å². The highest BCUT2D eigenvalue weighted by Crippen LogP contribution is 2.65. The molecule has 0 bridgehead atoms. The van der Waals surface area contributed by atoms with E-state index in [1.807, 2.05) is 24.0 Å². The van der Waals surface area contributed by atoms with Crippen molar-refractivity contribution in [3.63, 3.8) is 0 Å². The average Bonchev–Trinajstić information content (AvgIpc) is 3.60. The van der Waals surface area contributed by atoms with Gasteiger partial charge in [-0.3, -0.25) is 9.59 Å². The fraction of sp³-hybridized carbons (Fsp3) is 0.625. The topological polar surface area (TPSA) is 99.7 Å². The first-order chi connectivity index (χ1) is 14.9. The van der Waals surface area contributed by atoms with Gasteiger partial charge in [-0.25, -0.2) is 0 Å². The molecule has 0 radical (unpaired) electrons. The van der Waals surface area contributed by atoms with Gasteiger partial charge in [-0.05, 0) is 44.2 Å². The monoisotopic (exact) mass is 424 g/mol. The van der Waals surface area contributed by atoms with Crippen LogP contribution in [0.25, 0.3) is 0 Å². The second-order valence-corrected chi connectivity index (χ2v) is 9.29. The molecule has 2 saturated carbocycles. The molecule has 2 amide bonds. The number of nitriles is 1. The van der Waals surface area contributed by atoms with Gasteiger partial charge in [-0.2, -0.15) is 5.26 Å². The van der Waals surface area contributed by atoms with Crippen LogP contribution in [0.3, 0.4) is 0 Å². The molecule has 1 aromatic carbocycles. The number of carbonyl (C=O) groups excluding carboxylic acids is 2. The van der Waals surface area contributed by atoms with Crippen LogP contribution in [0.15, 0.2) is 18.2 Å². The third-order valence-electron chi connectivity index (χ3n) is 7.81. The van der Waals surface area contributed by atoms with Crippen LogP contribution >= 0.6 is 0 Å². The lowest BCUT2D eigenvalue weighted by molar-refractivity contribution is -0.154. The number of aryl methyl sites for hydroxylation is 1. The minimum atomic E-state index is -1.02. The van der Waals surface area contributed by atoms with E-state index in [-0.39, 0.29) is 5.91 Å². The number of methoxy groups -OCH3 is 1. The molecule has 2 aliphatic carbocycles. The predicted molar refractivity (Wildman–Crippen MR) is 117 cm³/mol. The van der Waals surface area contributed by atoms with Crippen LogP contribution in [-0.2, 0) is 9.59 Å². The first-order valence-electron chi connectivity index (χ1n) is 11.3. The molecule has 166 valence electrons. The van der Waals surface area contributed by atoms with E-state index < -0.39 is 22.7 Å². The molecule has 1 heterocycles. The molecule has 0 spiro atoms. The quantitative estimate of drug-likeness (QED) is 0.783. The van der Waals surface area contributed by atoms with Gasteiger partial charge in [-0.1, -0.05) is 18.9 Å². The van der Waals surface area contributed by atoms with Crippen LogP contribution in [0.4, 0.5) is 5.69 Å². The Labute approximate surface area is 184 Å². The number of nitrogens with two attached hydrogens (primary N) is 1. The number of benzene rings is 1. The molecule has 2 unspecified atom stereocenters. The van der Waals surface area contributed by atoms with Gasteiger partial charge in [0.1, 0.15) is 5.75 Å². The largest absolute Gasteiger partial charge is 0.496 e. The van der Waals surface area contributed by atoms with E-state index in [2.05, 4.69) is 17.0 Å². The molecule has 4 rings (SSSR count). The molecule has 3 fully saturated rings. The Kier molecular flexibility index (Phi) is 5.59. The Morgan fingerprint density at radius 2 is 1.87 bits per heavy atom. The molecule has 7 nitrogen and oxygen atoms in total. The molecule has 0 aromatic heterocycles. The number of hydrogen-bond donors (Lipinski definition) is 1. The molecule has 3 aliphatic rings. The van der Waals surface area contributed by atoms with E-state index >= 15 is 0 Å². The van der Waals surface area contributed by atoms with Gasteiger partial charge in [0.15, 0.2) is 0 Å². The summed E-state index contributed by atoms with van der Waals surface area (Å²) in [6.45, 7) is 4.65. The lowest BCUT2D eigenvalue weighted by Gasteiger charge is -2.47. The zero-order chi connectivity index (χ0) is 22.2. The number of nitrogens with zero attached hydrogens (tertiary/aromatic N) is 3. The molecule has 1 saturated heterocycles. The first kappa shape index (κ1) is 21.5. The van der Waals surface area contributed by atoms with Gasteiger partial charge in [0, 0.05) is 37.9 Å². The SMILES string of the molecule is COc1cc(N2CCN(C(=O)C3CCCCC3(C(N)=O)C3(C#N)CC3)CC2)ccc1C. The number of piperazine rings is 1. The smallest absolute Gasteiger partial charge is 0.226 e. The number of carbonyl (C=O) groups is 2. The van der Waals surface area contributed by atoms with E-state index in [4.69, 9.17) is 10.5 Å². The van der Waals surface area contributed by atoms with Crippen molar-refractivity contribution in [2.45, 2.75) is 45.4 Å². The summed E-state index contributed by atoms with van der Waals surface area (Å²) in [6.07, 6.45) is 4.27. The lowest BCUT2D eigenvalue weighted by Crippen LogP contribution is -2.58. The van der Waals surface area contributed by atoms with Gasteiger partial charge in [0.05, 0.1) is 29.9 Å². The number of primary amides is 1. The van der Waals surface area contributed by atoms with Crippen molar-refractivity contribution in [1.82, 2.24) is 4.90 Å². The van der Waals surface area contributed by atoms with Gasteiger partial charge in [0.25, 0.3) is 0 Å². The van der Waals surface area contributed by atoms with Crippen LogP contribution < -0.4 is 15.4 Å². The average molecular weight is 425 g/mol. The zero-order valence-electron chi connectivity index (χ0n) is 18.5. The van der Waals surface area contributed by atoms with Crippen molar-refractivity contribution < 1.29 is 14.3 Å². The van der Waals surface area contributed by atoms with E-state index in [1.165, 1.54) is 0 Å². The van der Waals surface area contributed by atoms with E-state index in [1.54, 1.807) is 7.11 Å². The molecule has 7 heteroatoms. The van der Waals surface area contributed by atoms with E-state index in [0.29, 0.717) is 38.8 Å². The maximum atomic E-state index is 13.6. The molecular formula is C24H32N4O3. The number of amides is 2. The Bertz CT molecular complexity index is 912. The fourth-order valence-corrected chi connectivity index (χ4v) is 5.80. The third-order valence-corrected chi connectivity index (χ3v) is 7.81. The zero-order valence-corrected chi connectivity index (χ0v) is 18.5. The summed E-state index contributed by atoms with van der Waals surface area (Å²) < 4.78 is 5.45. The van der Waals surface area contributed by atoms with Gasteiger partial charge in [-0.15, -0.1) is 0 Å². The van der Waals surface area contributed by atoms with E-state index in [9.17, 15) is 14.9 Å². The Hall–Kier alpha value is -2.75. The van der Waals surface area contributed by atoms with Crippen LogP contribution in [0.1, 0.15) is 44.1 Å². The Morgan fingerprint density at radius 3 is 2.45 bits per heavy atom. The minimum Gasteiger partial charge on any atom is -0.496 e. The molecule has 1 aliphatic heterocycles. The number of anilines is 1. The van der Waals surface area contributed by atoms with Crippen LogP contribution in [0.5, 0.6) is 5.75 Å². The maximum Gasteiger partial charge on any atom is 0.226 e. The van der Waals surface area contributed by atoms with Gasteiger partial charge in [0.2, 0.25) is 11.8 Å². The maximum absolute atomic E-state index is 13.6. The second kappa shape index (κ2) is 8.07. The van der Waals surface area contributed by atoms with Crippen molar-refractivity contribution in [2.24, 2.45) is 22.5 Å². The van der Waals surface area contributed by atoms with Gasteiger partial charge < -0.3 is 20.3 Å². The molecule has 2 N–H and O–H groups in total. The third kappa shape index (κ3) is 3.42. The highest BCUT2D eigenvalue weighted by atomic mass is 16.5. The molecule has 31 heavy (non-hydrogen) atoms. The highest BCUT2D eigenvalue weighted by Gasteiger charge is 2.68. The molecule has 1 aromatic rings. The standard InChI is InChI=1S/C24H32N4O3/c1-17-6-7-18(15-20(17)31-2)27-11-13-28(14-12-27)21(29)19-5-3-4-8-24(19,22(26)30)23(16-25)9-10-23/h6-7,15,19H,3-5,8-14H2,1-2H3,(H2,26,30). The van der Waals surface area contributed by atoms with Crippen molar-refractivity contribution in [1.29, 1.82) is 5.26 Å². The molecular weight excluding hydrogens is 392 g/mol. The van der Waals surface area contributed by atoms with Crippen LogP contribution in [0, 0.1) is 35.0 Å². The minimum absolute atomic E-state index is 0.00108. The highest BCUT2D eigenvalue weighted by molar-refractivity contribution is 5.92. The second-order valence-electron chi connectivity index (χ2n) is 9.29. The summed E-state index contributed by atoms with van der Waals surface area (Å²) in [5.41, 5.74) is 6.33. The van der Waals surface area contributed by atoms with Gasteiger partial charge >= 0.3 is 0 Å². The fourth-order valence-electron chi connectivity index (χ4n) is 5.80. The predicted octanol–water partition coefficient (Wildman–Crippen LogP) is 2.62. The number of hydrogen-bond acceptors (Lipinski definition) is 5. The Morgan fingerprint density at radius 1 is 1.16 bits per heavy atom. The normalized spacial score (nSPS) is 27.3. The number of rotatable bonds is 5. The molecule has 2 atom stereocenters. The summed E-state index contributed by atoms with van der Waals surface area (Å²) in [6, 6.07) is 8.55. The van der Waals surface area contributed by atoms with Crippen molar-refractivity contribution in [2.75, 3.05) is 38.2 Å². The summed E-state index contributed by atoms with van der Waals surface area (Å²) in [5, 5.41) is 9.86.